The Morgan fingerprint density at radius 3 is 2.66 bits per heavy atom. The van der Waals surface area contributed by atoms with Gasteiger partial charge in [0, 0.05) is 43.3 Å². The zero-order chi connectivity index (χ0) is 27.0. The monoisotopic (exact) mass is 538 g/mol. The number of urea groups is 1. The van der Waals surface area contributed by atoms with E-state index >= 15 is 0 Å². The SMILES string of the molecule is Cc1cc2[nH]cc(CCNC(=O)N3CCC4(CC3)CN/C(=N\C(=O)c3nc(Cl)c(N)nc3N)N4)c2cc1C. The van der Waals surface area contributed by atoms with Gasteiger partial charge in [-0.3, -0.25) is 4.79 Å². The van der Waals surface area contributed by atoms with Crippen LogP contribution in [0.4, 0.5) is 16.4 Å². The molecule has 0 unspecified atom stereocenters. The molecule has 0 radical (unpaired) electrons. The smallest absolute Gasteiger partial charge is 0.317 e. The molecule has 0 saturated carbocycles. The second-order valence-electron chi connectivity index (χ2n) is 9.92. The predicted octanol–water partition coefficient (Wildman–Crippen LogP) is 1.87. The van der Waals surface area contributed by atoms with Crippen molar-refractivity contribution < 1.29 is 9.59 Å². The molecule has 2 aliphatic rings. The number of nitrogens with zero attached hydrogens (tertiary/aromatic N) is 4. The Hall–Kier alpha value is -4.06. The number of halogens is 1. The van der Waals surface area contributed by atoms with E-state index in [1.54, 1.807) is 0 Å². The number of nitrogen functional groups attached to an aromatic ring is 2. The number of nitrogens with two attached hydrogens (primary N) is 2. The van der Waals surface area contributed by atoms with E-state index in [0.717, 1.165) is 11.9 Å². The van der Waals surface area contributed by atoms with Crippen molar-refractivity contribution >= 4 is 52.0 Å². The van der Waals surface area contributed by atoms with Crippen molar-refractivity contribution in [2.24, 2.45) is 4.99 Å². The standard InChI is InChI=1S/C25H31ClN10O2/c1-13-9-16-15(11-30-17(16)10-14(13)2)3-6-29-24(38)36-7-4-25(5-8-36)12-31-23(35-25)34-22(37)18-20(27)33-21(28)19(26)32-18/h9-11,30H,3-8,12H2,1-2H3,(H,29,38)(H4,27,28,33)(H2,31,34,35,37). The molecule has 1 spiro atoms. The minimum Gasteiger partial charge on any atom is -0.382 e. The summed E-state index contributed by atoms with van der Waals surface area (Å²) in [6.07, 6.45) is 4.18. The Morgan fingerprint density at radius 1 is 1.16 bits per heavy atom. The van der Waals surface area contributed by atoms with Gasteiger partial charge >= 0.3 is 11.9 Å². The number of hydrogen-bond acceptors (Lipinski definition) is 6. The average molecular weight is 539 g/mol. The van der Waals surface area contributed by atoms with Crippen LogP contribution in [0, 0.1) is 13.8 Å². The van der Waals surface area contributed by atoms with Crippen LogP contribution in [0.3, 0.4) is 0 Å². The minimum absolute atomic E-state index is 0.0524. The maximum Gasteiger partial charge on any atom is 0.317 e. The minimum atomic E-state index is -0.679. The number of anilines is 2. The molecule has 4 heterocycles. The van der Waals surface area contributed by atoms with Crippen LogP contribution in [0.1, 0.15) is 40.0 Å². The lowest BCUT2D eigenvalue weighted by Crippen LogP contribution is -2.55. The Labute approximate surface area is 224 Å². The first-order valence-corrected chi connectivity index (χ1v) is 12.9. The van der Waals surface area contributed by atoms with Crippen molar-refractivity contribution in [3.05, 3.63) is 45.9 Å². The maximum absolute atomic E-state index is 12.8. The molecule has 38 heavy (non-hydrogen) atoms. The lowest BCUT2D eigenvalue weighted by Gasteiger charge is -2.38. The topological polar surface area (TPSA) is 179 Å². The third kappa shape index (κ3) is 5.03. The van der Waals surface area contributed by atoms with Gasteiger partial charge in [-0.2, -0.15) is 4.99 Å². The molecular weight excluding hydrogens is 508 g/mol. The summed E-state index contributed by atoms with van der Waals surface area (Å²) in [5, 5.41) is 10.6. The van der Waals surface area contributed by atoms with Gasteiger partial charge in [-0.05, 0) is 61.9 Å². The summed E-state index contributed by atoms with van der Waals surface area (Å²) in [5.74, 6) is -0.543. The second kappa shape index (κ2) is 10.0. The normalized spacial score (nSPS) is 17.6. The quantitative estimate of drug-likeness (QED) is 0.291. The first kappa shape index (κ1) is 25.6. The summed E-state index contributed by atoms with van der Waals surface area (Å²) in [7, 11) is 0. The van der Waals surface area contributed by atoms with Gasteiger partial charge in [-0.25, -0.2) is 14.8 Å². The van der Waals surface area contributed by atoms with Crippen molar-refractivity contribution in [3.8, 4) is 0 Å². The van der Waals surface area contributed by atoms with Crippen LogP contribution in [0.25, 0.3) is 10.9 Å². The Morgan fingerprint density at radius 2 is 1.89 bits per heavy atom. The summed E-state index contributed by atoms with van der Waals surface area (Å²) >= 11 is 5.87. The van der Waals surface area contributed by atoms with Gasteiger partial charge in [0.1, 0.15) is 0 Å². The number of carbonyl (C=O) groups excluding carboxylic acids is 2. The summed E-state index contributed by atoms with van der Waals surface area (Å²) in [5.41, 5.74) is 15.7. The number of rotatable bonds is 4. The third-order valence-corrected chi connectivity index (χ3v) is 7.64. The van der Waals surface area contributed by atoms with E-state index in [-0.39, 0.29) is 34.1 Å². The number of nitrogens with one attached hydrogen (secondary N) is 4. The molecule has 1 aromatic carbocycles. The van der Waals surface area contributed by atoms with Crippen LogP contribution in [-0.4, -0.2) is 69.5 Å². The molecular formula is C25H31ClN10O2. The van der Waals surface area contributed by atoms with E-state index in [0.29, 0.717) is 45.0 Å². The highest BCUT2D eigenvalue weighted by molar-refractivity contribution is 6.31. The van der Waals surface area contributed by atoms with E-state index in [2.05, 4.69) is 61.9 Å². The average Bonchev–Trinajstić information content (AvgIpc) is 3.45. The highest BCUT2D eigenvalue weighted by Crippen LogP contribution is 2.26. The fourth-order valence-corrected chi connectivity index (χ4v) is 5.05. The van der Waals surface area contributed by atoms with E-state index in [9.17, 15) is 9.59 Å². The number of fused-ring (bicyclic) bond motifs is 1. The number of amides is 3. The molecule has 3 amide bonds. The first-order valence-electron chi connectivity index (χ1n) is 12.5. The molecule has 2 aromatic heterocycles. The number of aliphatic imine (C=N–C) groups is 1. The van der Waals surface area contributed by atoms with Crippen LogP contribution >= 0.6 is 11.6 Å². The first-order chi connectivity index (χ1) is 18.1. The Kier molecular flexibility index (Phi) is 6.74. The Balaban J connectivity index is 1.12. The van der Waals surface area contributed by atoms with E-state index in [4.69, 9.17) is 23.1 Å². The van der Waals surface area contributed by atoms with Crippen molar-refractivity contribution in [1.29, 1.82) is 0 Å². The molecule has 3 aromatic rings. The molecule has 12 nitrogen and oxygen atoms in total. The summed E-state index contributed by atoms with van der Waals surface area (Å²) < 4.78 is 0. The van der Waals surface area contributed by atoms with Gasteiger partial charge in [0.25, 0.3) is 0 Å². The van der Waals surface area contributed by atoms with Gasteiger partial charge < -0.3 is 37.3 Å². The number of H-pyrrole nitrogens is 1. The van der Waals surface area contributed by atoms with E-state index in [1.165, 1.54) is 22.1 Å². The lowest BCUT2D eigenvalue weighted by molar-refractivity contribution is 0.0998. The van der Waals surface area contributed by atoms with Crippen LogP contribution in [-0.2, 0) is 6.42 Å². The van der Waals surface area contributed by atoms with Gasteiger partial charge in [0.15, 0.2) is 28.4 Å². The fraction of sp³-hybridized carbons (Fsp3) is 0.400. The van der Waals surface area contributed by atoms with Crippen LogP contribution in [0.2, 0.25) is 5.15 Å². The van der Waals surface area contributed by atoms with E-state index in [1.807, 2.05) is 11.1 Å². The molecule has 2 fully saturated rings. The number of carbonyl (C=O) groups is 2. The number of hydrogen-bond donors (Lipinski definition) is 6. The summed E-state index contributed by atoms with van der Waals surface area (Å²) in [6, 6.07) is 4.28. The van der Waals surface area contributed by atoms with Gasteiger partial charge in [-0.15, -0.1) is 0 Å². The largest absolute Gasteiger partial charge is 0.382 e. The van der Waals surface area contributed by atoms with Crippen molar-refractivity contribution in [2.75, 3.05) is 37.6 Å². The maximum atomic E-state index is 12.8. The number of guanidine groups is 1. The molecule has 2 saturated heterocycles. The van der Waals surface area contributed by atoms with E-state index < -0.39 is 5.91 Å². The lowest BCUT2D eigenvalue weighted by atomic mass is 9.89. The number of aryl methyl sites for hydroxylation is 2. The number of aromatic amines is 1. The number of piperidine rings is 1. The van der Waals surface area contributed by atoms with Crippen LogP contribution in [0.5, 0.6) is 0 Å². The molecule has 0 atom stereocenters. The molecule has 13 heteroatoms. The van der Waals surface area contributed by atoms with Gasteiger partial charge in [0.2, 0.25) is 0 Å². The summed E-state index contributed by atoms with van der Waals surface area (Å²) in [4.78, 5) is 42.3. The van der Waals surface area contributed by atoms with Crippen LogP contribution in [0.15, 0.2) is 23.3 Å². The zero-order valence-electron chi connectivity index (χ0n) is 21.3. The molecule has 200 valence electrons. The number of likely N-dealkylation sites (tertiary alicyclic amines) is 1. The number of benzene rings is 1. The zero-order valence-corrected chi connectivity index (χ0v) is 22.1. The van der Waals surface area contributed by atoms with Crippen molar-refractivity contribution in [3.63, 3.8) is 0 Å². The second-order valence-corrected chi connectivity index (χ2v) is 10.3. The molecule has 5 rings (SSSR count). The fourth-order valence-electron chi connectivity index (χ4n) is 4.92. The molecule has 0 bridgehead atoms. The highest BCUT2D eigenvalue weighted by Gasteiger charge is 2.40. The molecule has 2 aliphatic heterocycles. The highest BCUT2D eigenvalue weighted by atomic mass is 35.5. The Bertz CT molecular complexity index is 1440. The van der Waals surface area contributed by atoms with Crippen molar-refractivity contribution in [1.82, 2.24) is 35.8 Å². The van der Waals surface area contributed by atoms with Gasteiger partial charge in [-0.1, -0.05) is 11.6 Å². The number of aromatic nitrogens is 3. The molecule has 0 aliphatic carbocycles. The molecule has 8 N–H and O–H groups in total. The van der Waals surface area contributed by atoms with Crippen LogP contribution < -0.4 is 27.4 Å². The summed E-state index contributed by atoms with van der Waals surface area (Å²) in [6.45, 7) is 6.51. The third-order valence-electron chi connectivity index (χ3n) is 7.36. The van der Waals surface area contributed by atoms with Gasteiger partial charge in [0.05, 0.1) is 5.54 Å². The predicted molar refractivity (Wildman–Crippen MR) is 147 cm³/mol. The van der Waals surface area contributed by atoms with Crippen molar-refractivity contribution in [2.45, 2.75) is 38.6 Å².